The lowest BCUT2D eigenvalue weighted by atomic mass is 10.1. The number of hydrogen-bond acceptors (Lipinski definition) is 3. The Morgan fingerprint density at radius 2 is 2.04 bits per heavy atom. The minimum absolute atomic E-state index is 0.155. The molecule has 0 bridgehead atoms. The second kappa shape index (κ2) is 6.23. The van der Waals surface area contributed by atoms with Gasteiger partial charge in [0, 0.05) is 11.3 Å². The Labute approximate surface area is 145 Å². The monoisotopic (exact) mass is 374 g/mol. The van der Waals surface area contributed by atoms with E-state index >= 15 is 0 Å². The van der Waals surface area contributed by atoms with E-state index < -0.39 is 19.8 Å². The normalized spacial score (nSPS) is 21.7. The molecule has 1 saturated carbocycles. The lowest BCUT2D eigenvalue weighted by Crippen LogP contribution is -2.33. The first-order valence-corrected chi connectivity index (χ1v) is 9.41. The quantitative estimate of drug-likeness (QED) is 0.625. The number of halogens is 2. The Morgan fingerprint density at radius 1 is 1.39 bits per heavy atom. The molecule has 1 aromatic rings. The molecule has 0 radical (unpaired) electrons. The number of alkyl halides is 2. The van der Waals surface area contributed by atoms with E-state index in [1.54, 1.807) is 31.2 Å². The molecule has 0 spiro atoms. The lowest BCUT2D eigenvalue weighted by Gasteiger charge is -2.10. The second-order valence-electron chi connectivity index (χ2n) is 5.65. The molecule has 0 aliphatic heterocycles. The van der Waals surface area contributed by atoms with Crippen LogP contribution in [0, 0.1) is 17.3 Å². The van der Waals surface area contributed by atoms with Gasteiger partial charge in [-0.15, -0.1) is 23.2 Å². The molecule has 0 saturated heterocycles. The van der Waals surface area contributed by atoms with Crippen molar-refractivity contribution >= 4 is 44.8 Å². The summed E-state index contributed by atoms with van der Waals surface area (Å²) in [7, 11) is -3.33. The Bertz CT molecular complexity index is 796. The summed E-state index contributed by atoms with van der Waals surface area (Å²) in [6, 6.07) is 6.67. The van der Waals surface area contributed by atoms with Gasteiger partial charge in [0.05, 0.1) is 18.2 Å². The summed E-state index contributed by atoms with van der Waals surface area (Å²) in [5.41, 5.74) is 0.300. The minimum Gasteiger partial charge on any atom is -0.345 e. The highest BCUT2D eigenvalue weighted by Gasteiger charge is 2.67. The van der Waals surface area contributed by atoms with Crippen LogP contribution >= 0.6 is 23.2 Å². The van der Waals surface area contributed by atoms with Crippen LogP contribution in [0.15, 0.2) is 24.3 Å². The maximum Gasteiger partial charge on any atom is 0.229 e. The highest BCUT2D eigenvalue weighted by atomic mass is 35.5. The maximum absolute atomic E-state index is 11.9. The first-order chi connectivity index (χ1) is 10.5. The maximum atomic E-state index is 11.9. The van der Waals surface area contributed by atoms with Crippen molar-refractivity contribution in [1.29, 1.82) is 0 Å². The molecule has 1 atom stereocenters. The van der Waals surface area contributed by atoms with Gasteiger partial charge in [0.15, 0.2) is 0 Å². The molecule has 1 aliphatic carbocycles. The first kappa shape index (κ1) is 17.9. The summed E-state index contributed by atoms with van der Waals surface area (Å²) in [6.07, 6.45) is 1.49. The highest BCUT2D eigenvalue weighted by Crippen LogP contribution is 2.63. The van der Waals surface area contributed by atoms with Crippen LogP contribution in [-0.2, 0) is 14.8 Å². The van der Waals surface area contributed by atoms with E-state index in [2.05, 4.69) is 21.9 Å². The number of carbonyl (C=O) groups is 1. The Hall–Kier alpha value is -1.42. The molecule has 1 aliphatic rings. The zero-order valence-corrected chi connectivity index (χ0v) is 14.9. The van der Waals surface area contributed by atoms with Gasteiger partial charge in [0.1, 0.15) is 4.33 Å². The van der Waals surface area contributed by atoms with Crippen LogP contribution in [0.2, 0.25) is 0 Å². The molecular weight excluding hydrogens is 359 g/mol. The average Bonchev–Trinajstić information content (AvgIpc) is 2.93. The third-order valence-electron chi connectivity index (χ3n) is 3.49. The molecule has 1 amide bonds. The molecule has 2 rings (SSSR count). The molecule has 1 fully saturated rings. The summed E-state index contributed by atoms with van der Waals surface area (Å²) in [4.78, 5) is 11.9. The summed E-state index contributed by atoms with van der Waals surface area (Å²) >= 11 is 11.9. The van der Waals surface area contributed by atoms with Crippen LogP contribution in [0.1, 0.15) is 18.9 Å². The average molecular weight is 375 g/mol. The molecule has 0 heterocycles. The van der Waals surface area contributed by atoms with Gasteiger partial charge in [-0.1, -0.05) is 17.9 Å². The highest BCUT2D eigenvalue weighted by molar-refractivity contribution is 7.92. The van der Waals surface area contributed by atoms with E-state index in [1.807, 2.05) is 0 Å². The third-order valence-corrected chi connectivity index (χ3v) is 5.20. The summed E-state index contributed by atoms with van der Waals surface area (Å²) in [6.45, 7) is 1.86. The Balaban J connectivity index is 1.93. The number of rotatable bonds is 4. The van der Waals surface area contributed by atoms with E-state index in [4.69, 9.17) is 23.2 Å². The molecule has 1 aromatic carbocycles. The van der Waals surface area contributed by atoms with Crippen LogP contribution in [0.4, 0.5) is 5.69 Å². The van der Waals surface area contributed by atoms with Crippen molar-refractivity contribution in [3.63, 3.8) is 0 Å². The van der Waals surface area contributed by atoms with E-state index in [1.165, 1.54) is 0 Å². The molecule has 23 heavy (non-hydrogen) atoms. The van der Waals surface area contributed by atoms with Crippen LogP contribution in [0.25, 0.3) is 0 Å². The van der Waals surface area contributed by atoms with Crippen molar-refractivity contribution in [2.75, 3.05) is 17.5 Å². The van der Waals surface area contributed by atoms with Crippen molar-refractivity contribution in [2.45, 2.75) is 17.7 Å². The van der Waals surface area contributed by atoms with Crippen molar-refractivity contribution in [2.24, 2.45) is 5.41 Å². The largest absolute Gasteiger partial charge is 0.345 e. The third kappa shape index (κ3) is 4.54. The summed E-state index contributed by atoms with van der Waals surface area (Å²) in [5.74, 6) is 5.43. The summed E-state index contributed by atoms with van der Waals surface area (Å²) < 4.78 is 23.7. The van der Waals surface area contributed by atoms with E-state index in [0.29, 0.717) is 17.7 Å². The molecule has 5 nitrogen and oxygen atoms in total. The predicted molar refractivity (Wildman–Crippen MR) is 92.0 cm³/mol. The number of carbonyl (C=O) groups excluding carboxylic acids is 1. The van der Waals surface area contributed by atoms with Crippen LogP contribution < -0.4 is 10.0 Å². The van der Waals surface area contributed by atoms with Crippen molar-refractivity contribution in [3.05, 3.63) is 29.8 Å². The van der Waals surface area contributed by atoms with Crippen molar-refractivity contribution < 1.29 is 13.2 Å². The Kier molecular flexibility index (Phi) is 4.86. The standard InChI is InChI=1S/C15H16Cl2N2O3S/c1-14(10-15(14,16)17)13(20)18-8-4-6-11-5-3-7-12(9-11)19-23(2,21)22/h3,5,7,9,19H,8,10H2,1-2H3,(H,18,20). The van der Waals surface area contributed by atoms with E-state index in [-0.39, 0.29) is 12.5 Å². The first-order valence-electron chi connectivity index (χ1n) is 6.76. The second-order valence-corrected chi connectivity index (χ2v) is 8.89. The van der Waals surface area contributed by atoms with Gasteiger partial charge < -0.3 is 5.32 Å². The number of sulfonamides is 1. The molecule has 0 aromatic heterocycles. The smallest absolute Gasteiger partial charge is 0.229 e. The van der Waals surface area contributed by atoms with Crippen molar-refractivity contribution in [1.82, 2.24) is 5.32 Å². The van der Waals surface area contributed by atoms with Gasteiger partial charge in [0.25, 0.3) is 0 Å². The molecule has 2 N–H and O–H groups in total. The molecule has 1 unspecified atom stereocenters. The number of benzene rings is 1. The zero-order valence-electron chi connectivity index (χ0n) is 12.6. The summed E-state index contributed by atoms with van der Waals surface area (Å²) in [5, 5.41) is 2.67. The van der Waals surface area contributed by atoms with Crippen molar-refractivity contribution in [3.8, 4) is 11.8 Å². The van der Waals surface area contributed by atoms with Crippen LogP contribution in [0.5, 0.6) is 0 Å². The number of amides is 1. The van der Waals surface area contributed by atoms with Gasteiger partial charge in [-0.3, -0.25) is 9.52 Å². The lowest BCUT2D eigenvalue weighted by molar-refractivity contribution is -0.125. The zero-order chi connectivity index (χ0) is 17.3. The fraction of sp³-hybridized carbons (Fsp3) is 0.400. The minimum atomic E-state index is -3.33. The van der Waals surface area contributed by atoms with Gasteiger partial charge >= 0.3 is 0 Å². The fourth-order valence-electron chi connectivity index (χ4n) is 1.99. The number of nitrogens with one attached hydrogen (secondary N) is 2. The molecule has 124 valence electrons. The van der Waals surface area contributed by atoms with E-state index in [0.717, 1.165) is 6.26 Å². The Morgan fingerprint density at radius 3 is 2.61 bits per heavy atom. The van der Waals surface area contributed by atoms with E-state index in [9.17, 15) is 13.2 Å². The van der Waals surface area contributed by atoms with Gasteiger partial charge in [-0.05, 0) is 31.5 Å². The van der Waals surface area contributed by atoms with Crippen LogP contribution in [0.3, 0.4) is 0 Å². The van der Waals surface area contributed by atoms with Gasteiger partial charge in [-0.25, -0.2) is 8.42 Å². The number of hydrogen-bond donors (Lipinski definition) is 2. The fourth-order valence-corrected chi connectivity index (χ4v) is 3.25. The molecular formula is C15H16Cl2N2O3S. The SMILES string of the molecule is CC1(C(=O)NCC#Cc2cccc(NS(C)(=O)=O)c2)CC1(Cl)Cl. The van der Waals surface area contributed by atoms with Gasteiger partial charge in [0.2, 0.25) is 15.9 Å². The number of anilines is 1. The topological polar surface area (TPSA) is 75.3 Å². The predicted octanol–water partition coefficient (Wildman–Crippen LogP) is 2.11. The van der Waals surface area contributed by atoms with Crippen LogP contribution in [-0.4, -0.2) is 31.5 Å². The van der Waals surface area contributed by atoms with Gasteiger partial charge in [-0.2, -0.15) is 0 Å². The molecule has 8 heteroatoms.